The van der Waals surface area contributed by atoms with Crippen molar-refractivity contribution >= 4 is 24.4 Å². The molecule has 0 spiro atoms. The molecule has 0 radical (unpaired) electrons. The summed E-state index contributed by atoms with van der Waals surface area (Å²) < 4.78 is 4.60. The Morgan fingerprint density at radius 2 is 1.58 bits per heavy atom. The van der Waals surface area contributed by atoms with E-state index in [1.54, 1.807) is 48.5 Å². The van der Waals surface area contributed by atoms with E-state index in [0.29, 0.717) is 16.7 Å². The predicted octanol–water partition coefficient (Wildman–Crippen LogP) is 2.99. The molecule has 2 aromatic carbocycles. The summed E-state index contributed by atoms with van der Waals surface area (Å²) in [5.41, 5.74) is 1.51. The van der Waals surface area contributed by atoms with Gasteiger partial charge in [0.05, 0.1) is 12.7 Å². The number of carbonyl (C=O) groups excluding carboxylic acids is 2. The second kappa shape index (κ2) is 5.71. The van der Waals surface area contributed by atoms with Gasteiger partial charge in [0.1, 0.15) is 0 Å². The Balaban J connectivity index is 2.27. The van der Waals surface area contributed by atoms with E-state index in [4.69, 9.17) is 0 Å². The van der Waals surface area contributed by atoms with E-state index in [0.717, 1.165) is 4.90 Å². The van der Waals surface area contributed by atoms with Crippen molar-refractivity contribution in [2.24, 2.45) is 0 Å². The first kappa shape index (κ1) is 13.4. The quantitative estimate of drug-likeness (QED) is 0.530. The number of thiol groups is 1. The second-order valence-corrected chi connectivity index (χ2v) is 4.46. The van der Waals surface area contributed by atoms with Gasteiger partial charge in [0.2, 0.25) is 0 Å². The van der Waals surface area contributed by atoms with E-state index in [2.05, 4.69) is 17.4 Å². The zero-order valence-corrected chi connectivity index (χ0v) is 11.2. The fourth-order valence-corrected chi connectivity index (χ4v) is 1.91. The largest absolute Gasteiger partial charge is 0.465 e. The number of rotatable bonds is 3. The smallest absolute Gasteiger partial charge is 0.337 e. The zero-order chi connectivity index (χ0) is 13.8. The predicted molar refractivity (Wildman–Crippen MR) is 74.9 cm³/mol. The average Bonchev–Trinajstić information content (AvgIpc) is 2.46. The topological polar surface area (TPSA) is 43.4 Å². The lowest BCUT2D eigenvalue weighted by Gasteiger charge is -2.03. The Labute approximate surface area is 116 Å². The van der Waals surface area contributed by atoms with Gasteiger partial charge in [-0.3, -0.25) is 4.79 Å². The van der Waals surface area contributed by atoms with E-state index in [1.165, 1.54) is 7.11 Å². The van der Waals surface area contributed by atoms with E-state index >= 15 is 0 Å². The molecule has 0 aliphatic rings. The number of carbonyl (C=O) groups is 2. The van der Waals surface area contributed by atoms with Crippen LogP contribution in [0.4, 0.5) is 0 Å². The van der Waals surface area contributed by atoms with E-state index in [-0.39, 0.29) is 5.78 Å². The molecule has 3 nitrogen and oxygen atoms in total. The Morgan fingerprint density at radius 3 is 2.16 bits per heavy atom. The van der Waals surface area contributed by atoms with Crippen molar-refractivity contribution < 1.29 is 14.3 Å². The Morgan fingerprint density at radius 1 is 0.947 bits per heavy atom. The number of ketones is 1. The molecule has 2 rings (SSSR count). The normalized spacial score (nSPS) is 10.0. The average molecular weight is 272 g/mol. The molecule has 0 aromatic heterocycles. The maximum Gasteiger partial charge on any atom is 0.337 e. The molecule has 4 heteroatoms. The Bertz CT molecular complexity index is 618. The molecule has 0 fully saturated rings. The third-order valence-electron chi connectivity index (χ3n) is 2.68. The molecule has 0 aliphatic carbocycles. The van der Waals surface area contributed by atoms with Crippen LogP contribution < -0.4 is 0 Å². The van der Waals surface area contributed by atoms with E-state index in [1.807, 2.05) is 0 Å². The molecule has 0 N–H and O–H groups in total. The molecular formula is C15H12O3S. The molecule has 0 heterocycles. The molecule has 2 aromatic rings. The van der Waals surface area contributed by atoms with Gasteiger partial charge in [-0.1, -0.05) is 24.3 Å². The Kier molecular flexibility index (Phi) is 4.02. The highest BCUT2D eigenvalue weighted by Gasteiger charge is 2.11. The summed E-state index contributed by atoms with van der Waals surface area (Å²) in [5.74, 6) is -0.524. The van der Waals surface area contributed by atoms with Crippen LogP contribution in [0.15, 0.2) is 53.4 Å². The maximum absolute atomic E-state index is 12.2. The second-order valence-electron chi connectivity index (χ2n) is 3.95. The SMILES string of the molecule is COC(=O)c1ccc(C(=O)c2cccc(S)c2)cc1. The summed E-state index contributed by atoms with van der Waals surface area (Å²) in [6.07, 6.45) is 0. The lowest BCUT2D eigenvalue weighted by Crippen LogP contribution is -2.04. The fourth-order valence-electron chi connectivity index (χ4n) is 1.69. The lowest BCUT2D eigenvalue weighted by molar-refractivity contribution is 0.0600. The molecular weight excluding hydrogens is 260 g/mol. The van der Waals surface area contributed by atoms with Crippen molar-refractivity contribution in [2.75, 3.05) is 7.11 Å². The van der Waals surface area contributed by atoms with E-state index in [9.17, 15) is 9.59 Å². The molecule has 0 unspecified atom stereocenters. The highest BCUT2D eigenvalue weighted by molar-refractivity contribution is 7.80. The van der Waals surface area contributed by atoms with Crippen LogP contribution in [0.5, 0.6) is 0 Å². The first-order chi connectivity index (χ1) is 9.11. The highest BCUT2D eigenvalue weighted by atomic mass is 32.1. The third-order valence-corrected chi connectivity index (χ3v) is 2.95. The van der Waals surface area contributed by atoms with Gasteiger partial charge in [0.15, 0.2) is 5.78 Å². The third kappa shape index (κ3) is 3.03. The zero-order valence-electron chi connectivity index (χ0n) is 10.3. The first-order valence-corrected chi connectivity index (χ1v) is 6.08. The number of methoxy groups -OCH3 is 1. The van der Waals surface area contributed by atoms with Crippen molar-refractivity contribution in [3.63, 3.8) is 0 Å². The van der Waals surface area contributed by atoms with Crippen LogP contribution in [0.3, 0.4) is 0 Å². The molecule has 96 valence electrons. The fraction of sp³-hybridized carbons (Fsp3) is 0.0667. The lowest BCUT2D eigenvalue weighted by atomic mass is 10.0. The number of hydrogen-bond donors (Lipinski definition) is 1. The summed E-state index contributed by atoms with van der Waals surface area (Å²) in [5, 5.41) is 0. The van der Waals surface area contributed by atoms with Crippen LogP contribution in [0.25, 0.3) is 0 Å². The van der Waals surface area contributed by atoms with Gasteiger partial charge in [0, 0.05) is 16.0 Å². The van der Waals surface area contributed by atoms with Crippen LogP contribution in [0.1, 0.15) is 26.3 Å². The molecule has 0 atom stereocenters. The van der Waals surface area contributed by atoms with E-state index < -0.39 is 5.97 Å². The number of benzene rings is 2. The number of ether oxygens (including phenoxy) is 1. The minimum absolute atomic E-state index is 0.104. The first-order valence-electron chi connectivity index (χ1n) is 5.64. The van der Waals surface area contributed by atoms with Crippen molar-refractivity contribution in [3.8, 4) is 0 Å². The van der Waals surface area contributed by atoms with Gasteiger partial charge in [0.25, 0.3) is 0 Å². The molecule has 0 saturated heterocycles. The summed E-state index contributed by atoms with van der Waals surface area (Å²) in [7, 11) is 1.32. The molecule has 19 heavy (non-hydrogen) atoms. The van der Waals surface area contributed by atoms with Crippen LogP contribution in [0, 0.1) is 0 Å². The summed E-state index contributed by atoms with van der Waals surface area (Å²) in [6.45, 7) is 0. The van der Waals surface area contributed by atoms with Gasteiger partial charge in [-0.15, -0.1) is 12.6 Å². The van der Waals surface area contributed by atoms with Crippen molar-refractivity contribution in [2.45, 2.75) is 4.90 Å². The van der Waals surface area contributed by atoms with Crippen molar-refractivity contribution in [3.05, 3.63) is 65.2 Å². The van der Waals surface area contributed by atoms with Crippen molar-refractivity contribution in [1.29, 1.82) is 0 Å². The minimum atomic E-state index is -0.420. The van der Waals surface area contributed by atoms with Crippen LogP contribution in [-0.4, -0.2) is 18.9 Å². The monoisotopic (exact) mass is 272 g/mol. The van der Waals surface area contributed by atoms with Crippen LogP contribution in [0.2, 0.25) is 0 Å². The van der Waals surface area contributed by atoms with Gasteiger partial charge in [-0.05, 0) is 24.3 Å². The van der Waals surface area contributed by atoms with Crippen molar-refractivity contribution in [1.82, 2.24) is 0 Å². The summed E-state index contributed by atoms with van der Waals surface area (Å²) in [6, 6.07) is 13.4. The van der Waals surface area contributed by atoms with Crippen LogP contribution in [-0.2, 0) is 4.74 Å². The van der Waals surface area contributed by atoms with Gasteiger partial charge >= 0.3 is 5.97 Å². The number of hydrogen-bond acceptors (Lipinski definition) is 4. The summed E-state index contributed by atoms with van der Waals surface area (Å²) >= 11 is 4.20. The molecule has 0 aliphatic heterocycles. The van der Waals surface area contributed by atoms with Crippen LogP contribution >= 0.6 is 12.6 Å². The summed E-state index contributed by atoms with van der Waals surface area (Å²) in [4.78, 5) is 24.2. The highest BCUT2D eigenvalue weighted by Crippen LogP contribution is 2.14. The molecule has 0 bridgehead atoms. The maximum atomic E-state index is 12.2. The number of esters is 1. The Hall–Kier alpha value is -2.07. The van der Waals surface area contributed by atoms with Gasteiger partial charge < -0.3 is 4.74 Å². The van der Waals surface area contributed by atoms with Gasteiger partial charge in [-0.25, -0.2) is 4.79 Å². The standard InChI is InChI=1S/C15H12O3S/c1-18-15(17)11-7-5-10(6-8-11)14(16)12-3-2-4-13(19)9-12/h2-9,19H,1H3. The minimum Gasteiger partial charge on any atom is -0.465 e. The van der Waals surface area contributed by atoms with Gasteiger partial charge in [-0.2, -0.15) is 0 Å². The molecule has 0 saturated carbocycles. The molecule has 0 amide bonds.